The molecule has 0 spiro atoms. The first-order valence-corrected chi connectivity index (χ1v) is 11.0. The zero-order chi connectivity index (χ0) is 22.3. The molecule has 1 atom stereocenters. The Bertz CT molecular complexity index is 1040. The number of amides is 1. The summed E-state index contributed by atoms with van der Waals surface area (Å²) in [5.41, 5.74) is 2.92. The molecule has 1 N–H and O–H groups in total. The predicted octanol–water partition coefficient (Wildman–Crippen LogP) is 4.49. The fourth-order valence-corrected chi connectivity index (χ4v) is 4.16. The summed E-state index contributed by atoms with van der Waals surface area (Å²) in [5, 5.41) is 3.09. The van der Waals surface area contributed by atoms with Crippen LogP contribution in [-0.2, 0) is 0 Å². The van der Waals surface area contributed by atoms with Gasteiger partial charge in [-0.2, -0.15) is 0 Å². The molecule has 1 aliphatic rings. The van der Waals surface area contributed by atoms with Crippen molar-refractivity contribution in [1.29, 1.82) is 0 Å². The maximum absolute atomic E-state index is 12.8. The van der Waals surface area contributed by atoms with Crippen LogP contribution in [0.15, 0.2) is 78.9 Å². The molecule has 0 aliphatic carbocycles. The van der Waals surface area contributed by atoms with Crippen LogP contribution in [0.1, 0.15) is 50.7 Å². The lowest BCUT2D eigenvalue weighted by molar-refractivity contribution is 0.0936. The Morgan fingerprint density at radius 2 is 1.44 bits per heavy atom. The van der Waals surface area contributed by atoms with Crippen LogP contribution in [0.3, 0.4) is 0 Å². The molecule has 0 unspecified atom stereocenters. The topological polar surface area (TPSA) is 58.6 Å². The summed E-state index contributed by atoms with van der Waals surface area (Å²) in [6, 6.07) is 24.2. The Morgan fingerprint density at radius 3 is 2.06 bits per heavy atom. The van der Waals surface area contributed by atoms with Gasteiger partial charge in [0.25, 0.3) is 5.91 Å². The maximum Gasteiger partial charge on any atom is 0.251 e. The Hall–Kier alpha value is -3.44. The second-order valence-corrected chi connectivity index (χ2v) is 8.01. The largest absolute Gasteiger partial charge is 0.497 e. The average molecular weight is 429 g/mol. The van der Waals surface area contributed by atoms with Crippen molar-refractivity contribution in [2.24, 2.45) is 0 Å². The number of carbonyl (C=O) groups excluding carboxylic acids is 2. The van der Waals surface area contributed by atoms with Gasteiger partial charge in [0.05, 0.1) is 13.2 Å². The molecule has 4 rings (SSSR count). The van der Waals surface area contributed by atoms with Crippen molar-refractivity contribution in [3.05, 3.63) is 101 Å². The second kappa shape index (κ2) is 10.2. The van der Waals surface area contributed by atoms with E-state index in [0.29, 0.717) is 23.2 Å². The first kappa shape index (κ1) is 21.8. The first-order chi connectivity index (χ1) is 15.7. The molecule has 164 valence electrons. The molecule has 0 bridgehead atoms. The van der Waals surface area contributed by atoms with Crippen molar-refractivity contribution in [3.8, 4) is 5.75 Å². The van der Waals surface area contributed by atoms with E-state index in [0.717, 1.165) is 24.4 Å². The van der Waals surface area contributed by atoms with Crippen molar-refractivity contribution in [1.82, 2.24) is 10.2 Å². The molecule has 5 nitrogen and oxygen atoms in total. The third kappa shape index (κ3) is 5.06. The highest BCUT2D eigenvalue weighted by atomic mass is 16.5. The van der Waals surface area contributed by atoms with Crippen molar-refractivity contribution < 1.29 is 14.3 Å². The summed E-state index contributed by atoms with van der Waals surface area (Å²) in [6.07, 6.45) is 2.36. The molecule has 1 amide bonds. The SMILES string of the molecule is COc1ccc([C@@H](CNC(=O)c2ccc(C(=O)c3ccccc3)cc2)N2CCCC2)cc1. The summed E-state index contributed by atoms with van der Waals surface area (Å²) in [6.45, 7) is 2.58. The highest BCUT2D eigenvalue weighted by Crippen LogP contribution is 2.26. The molecule has 3 aromatic rings. The molecule has 1 heterocycles. The molecule has 3 aromatic carbocycles. The summed E-state index contributed by atoms with van der Waals surface area (Å²) >= 11 is 0. The number of carbonyl (C=O) groups is 2. The molecule has 0 radical (unpaired) electrons. The Morgan fingerprint density at radius 1 is 0.844 bits per heavy atom. The predicted molar refractivity (Wildman–Crippen MR) is 125 cm³/mol. The minimum Gasteiger partial charge on any atom is -0.497 e. The normalized spacial score (nSPS) is 14.7. The fraction of sp³-hybridized carbons (Fsp3) is 0.259. The van der Waals surface area contributed by atoms with Crippen molar-refractivity contribution >= 4 is 11.7 Å². The van der Waals surface area contributed by atoms with Crippen LogP contribution >= 0.6 is 0 Å². The van der Waals surface area contributed by atoms with Gasteiger partial charge >= 0.3 is 0 Å². The van der Waals surface area contributed by atoms with E-state index in [4.69, 9.17) is 4.74 Å². The van der Waals surface area contributed by atoms with Gasteiger partial charge in [0.15, 0.2) is 5.78 Å². The van der Waals surface area contributed by atoms with Crippen molar-refractivity contribution in [3.63, 3.8) is 0 Å². The lowest BCUT2D eigenvalue weighted by Crippen LogP contribution is -2.36. The molecule has 1 fully saturated rings. The molecular weight excluding hydrogens is 400 g/mol. The summed E-state index contributed by atoms with van der Waals surface area (Å²) < 4.78 is 5.28. The third-order valence-corrected chi connectivity index (χ3v) is 5.98. The van der Waals surface area contributed by atoms with Gasteiger partial charge in [-0.05, 0) is 55.8 Å². The maximum atomic E-state index is 12.8. The Kier molecular flexibility index (Phi) is 6.97. The minimum absolute atomic E-state index is 0.0499. The van der Waals surface area contributed by atoms with Crippen LogP contribution in [0.4, 0.5) is 0 Å². The second-order valence-electron chi connectivity index (χ2n) is 8.01. The molecule has 5 heteroatoms. The number of rotatable bonds is 8. The van der Waals surface area contributed by atoms with Crippen molar-refractivity contribution in [2.45, 2.75) is 18.9 Å². The van der Waals surface area contributed by atoms with Gasteiger partial charge in [-0.3, -0.25) is 14.5 Å². The number of likely N-dealkylation sites (tertiary alicyclic amines) is 1. The van der Waals surface area contributed by atoms with Crippen LogP contribution < -0.4 is 10.1 Å². The quantitative estimate of drug-likeness (QED) is 0.537. The van der Waals surface area contributed by atoms with Crippen LogP contribution in [0.25, 0.3) is 0 Å². The smallest absolute Gasteiger partial charge is 0.251 e. The number of benzene rings is 3. The van der Waals surface area contributed by atoms with E-state index in [1.165, 1.54) is 12.8 Å². The zero-order valence-corrected chi connectivity index (χ0v) is 18.3. The lowest BCUT2D eigenvalue weighted by atomic mass is 10.0. The first-order valence-electron chi connectivity index (χ1n) is 11.0. The molecule has 32 heavy (non-hydrogen) atoms. The van der Waals surface area contributed by atoms with Crippen LogP contribution in [0.5, 0.6) is 5.75 Å². The monoisotopic (exact) mass is 428 g/mol. The van der Waals surface area contributed by atoms with Gasteiger partial charge in [-0.15, -0.1) is 0 Å². The zero-order valence-electron chi connectivity index (χ0n) is 18.3. The Labute approximate surface area is 189 Å². The van der Waals surface area contributed by atoms with E-state index in [-0.39, 0.29) is 17.7 Å². The van der Waals surface area contributed by atoms with Gasteiger partial charge < -0.3 is 10.1 Å². The third-order valence-electron chi connectivity index (χ3n) is 5.98. The number of nitrogens with zero attached hydrogens (tertiary/aromatic N) is 1. The van der Waals surface area contributed by atoms with Crippen LogP contribution in [0.2, 0.25) is 0 Å². The van der Waals surface area contributed by atoms with E-state index < -0.39 is 0 Å². The number of hydrogen-bond donors (Lipinski definition) is 1. The molecule has 1 saturated heterocycles. The molecule has 0 aromatic heterocycles. The van der Waals surface area contributed by atoms with Crippen molar-refractivity contribution in [2.75, 3.05) is 26.7 Å². The summed E-state index contributed by atoms with van der Waals surface area (Å²) in [5.74, 6) is 0.635. The van der Waals surface area contributed by atoms with Gasteiger partial charge in [0.2, 0.25) is 0 Å². The van der Waals surface area contributed by atoms with Gasteiger partial charge in [-0.1, -0.05) is 54.6 Å². The lowest BCUT2D eigenvalue weighted by Gasteiger charge is -2.28. The van der Waals surface area contributed by atoms with Gasteiger partial charge in [0.1, 0.15) is 5.75 Å². The van der Waals surface area contributed by atoms with E-state index in [2.05, 4.69) is 22.3 Å². The number of methoxy groups -OCH3 is 1. The van der Waals surface area contributed by atoms with Gasteiger partial charge in [0, 0.05) is 23.2 Å². The standard InChI is InChI=1S/C27H28N2O3/c1-32-24-15-13-20(14-16-24)25(29-17-5-6-18-29)19-28-27(31)23-11-9-22(10-12-23)26(30)21-7-3-2-4-8-21/h2-4,7-16,25H,5-6,17-19H2,1H3,(H,28,31)/t25-/m1/s1. The van der Waals surface area contributed by atoms with E-state index in [1.807, 2.05) is 30.3 Å². The number of ketones is 1. The van der Waals surface area contributed by atoms with Gasteiger partial charge in [-0.25, -0.2) is 0 Å². The van der Waals surface area contributed by atoms with Crippen LogP contribution in [-0.4, -0.2) is 43.3 Å². The number of ether oxygens (including phenoxy) is 1. The average Bonchev–Trinajstić information content (AvgIpc) is 3.39. The molecule has 1 aliphatic heterocycles. The fourth-order valence-electron chi connectivity index (χ4n) is 4.16. The minimum atomic E-state index is -0.138. The van der Waals surface area contributed by atoms with E-state index in [1.54, 1.807) is 43.5 Å². The Balaban J connectivity index is 1.43. The van der Waals surface area contributed by atoms with Crippen LogP contribution in [0, 0.1) is 0 Å². The summed E-state index contributed by atoms with van der Waals surface area (Å²) in [4.78, 5) is 27.8. The highest BCUT2D eigenvalue weighted by molar-refractivity contribution is 6.09. The summed E-state index contributed by atoms with van der Waals surface area (Å²) in [7, 11) is 1.66. The highest BCUT2D eigenvalue weighted by Gasteiger charge is 2.24. The number of nitrogens with one attached hydrogen (secondary N) is 1. The van der Waals surface area contributed by atoms with E-state index in [9.17, 15) is 9.59 Å². The molecular formula is C27H28N2O3. The molecule has 0 saturated carbocycles. The van der Waals surface area contributed by atoms with E-state index >= 15 is 0 Å². The number of hydrogen-bond acceptors (Lipinski definition) is 4.